The van der Waals surface area contributed by atoms with Crippen molar-refractivity contribution < 1.29 is 17.6 Å². The SMILES string of the molecule is Cc1ccc(C(=O)Nc2ccc([SH](=O)=O)cc2)o1. The Kier molecular flexibility index (Phi) is 3.47. The van der Waals surface area contributed by atoms with E-state index in [-0.39, 0.29) is 16.6 Å². The summed E-state index contributed by atoms with van der Waals surface area (Å²) in [6.07, 6.45) is 0. The van der Waals surface area contributed by atoms with Crippen LogP contribution in [-0.4, -0.2) is 14.3 Å². The van der Waals surface area contributed by atoms with Gasteiger partial charge in [0.2, 0.25) is 0 Å². The predicted octanol–water partition coefficient (Wildman–Crippen LogP) is 1.81. The summed E-state index contributed by atoms with van der Waals surface area (Å²) in [5.41, 5.74) is 0.509. The van der Waals surface area contributed by atoms with Crippen molar-refractivity contribution in [2.45, 2.75) is 11.8 Å². The summed E-state index contributed by atoms with van der Waals surface area (Å²) >= 11 is 0. The summed E-state index contributed by atoms with van der Waals surface area (Å²) in [6.45, 7) is 1.75. The quantitative estimate of drug-likeness (QED) is 0.830. The first-order valence-electron chi connectivity index (χ1n) is 5.18. The summed E-state index contributed by atoms with van der Waals surface area (Å²) in [5, 5.41) is 2.61. The van der Waals surface area contributed by atoms with Gasteiger partial charge in [-0.3, -0.25) is 4.79 Å². The van der Waals surface area contributed by atoms with Crippen LogP contribution in [0.2, 0.25) is 0 Å². The molecule has 1 N–H and O–H groups in total. The maximum Gasteiger partial charge on any atom is 0.291 e. The summed E-state index contributed by atoms with van der Waals surface area (Å²) < 4.78 is 26.6. The highest BCUT2D eigenvalue weighted by Crippen LogP contribution is 2.13. The van der Waals surface area contributed by atoms with Gasteiger partial charge in [0, 0.05) is 5.69 Å². The Morgan fingerprint density at radius 1 is 1.11 bits per heavy atom. The fourth-order valence-corrected chi connectivity index (χ4v) is 1.81. The molecule has 2 rings (SSSR count). The Hall–Kier alpha value is -2.08. The Labute approximate surface area is 105 Å². The van der Waals surface area contributed by atoms with Gasteiger partial charge >= 0.3 is 0 Å². The topological polar surface area (TPSA) is 76.4 Å². The average Bonchev–Trinajstić information content (AvgIpc) is 2.76. The number of aryl methyl sites for hydroxylation is 1. The van der Waals surface area contributed by atoms with Crippen LogP contribution in [0.25, 0.3) is 0 Å². The van der Waals surface area contributed by atoms with Gasteiger partial charge in [-0.2, -0.15) is 0 Å². The van der Waals surface area contributed by atoms with Crippen LogP contribution in [0, 0.1) is 6.92 Å². The third-order valence-corrected chi connectivity index (χ3v) is 3.02. The van der Waals surface area contributed by atoms with Crippen LogP contribution in [0.4, 0.5) is 5.69 Å². The zero-order valence-electron chi connectivity index (χ0n) is 9.54. The Morgan fingerprint density at radius 2 is 1.78 bits per heavy atom. The van der Waals surface area contributed by atoms with Crippen LogP contribution in [-0.2, 0) is 10.7 Å². The van der Waals surface area contributed by atoms with E-state index in [4.69, 9.17) is 4.42 Å². The Bertz CT molecular complexity index is 632. The molecule has 0 spiro atoms. The van der Waals surface area contributed by atoms with Gasteiger partial charge in [0.15, 0.2) is 16.5 Å². The van der Waals surface area contributed by atoms with Crippen LogP contribution in [0.15, 0.2) is 45.7 Å². The average molecular weight is 265 g/mol. The van der Waals surface area contributed by atoms with Crippen molar-refractivity contribution in [2.24, 2.45) is 0 Å². The van der Waals surface area contributed by atoms with Crippen LogP contribution in [0.3, 0.4) is 0 Å². The molecule has 1 amide bonds. The monoisotopic (exact) mass is 265 g/mol. The molecular weight excluding hydrogens is 254 g/mol. The summed E-state index contributed by atoms with van der Waals surface area (Å²) in [5.74, 6) is 0.493. The molecule has 0 bridgehead atoms. The molecule has 0 atom stereocenters. The van der Waals surface area contributed by atoms with E-state index in [1.54, 1.807) is 19.1 Å². The van der Waals surface area contributed by atoms with Crippen LogP contribution >= 0.6 is 0 Å². The van der Waals surface area contributed by atoms with E-state index in [0.717, 1.165) is 0 Å². The molecule has 5 nitrogen and oxygen atoms in total. The normalized spacial score (nSPS) is 10.6. The van der Waals surface area contributed by atoms with Gasteiger partial charge in [-0.1, -0.05) is 0 Å². The largest absolute Gasteiger partial charge is 0.456 e. The number of furan rings is 1. The lowest BCUT2D eigenvalue weighted by atomic mass is 10.3. The molecule has 0 aliphatic rings. The second kappa shape index (κ2) is 5.05. The minimum atomic E-state index is -2.60. The lowest BCUT2D eigenvalue weighted by molar-refractivity contribution is 0.0995. The van der Waals surface area contributed by atoms with Crippen molar-refractivity contribution in [2.75, 3.05) is 5.32 Å². The molecule has 0 radical (unpaired) electrons. The first-order valence-corrected chi connectivity index (χ1v) is 6.36. The molecule has 1 aromatic heterocycles. The number of thiol groups is 1. The Balaban J connectivity index is 2.12. The smallest absolute Gasteiger partial charge is 0.291 e. The lowest BCUT2D eigenvalue weighted by Gasteiger charge is -2.02. The molecular formula is C12H11NO4S. The van der Waals surface area contributed by atoms with Gasteiger partial charge < -0.3 is 9.73 Å². The van der Waals surface area contributed by atoms with Gasteiger partial charge in [0.05, 0.1) is 4.90 Å². The fraction of sp³-hybridized carbons (Fsp3) is 0.0833. The van der Waals surface area contributed by atoms with Crippen molar-refractivity contribution in [3.8, 4) is 0 Å². The second-order valence-electron chi connectivity index (χ2n) is 3.67. The molecule has 0 unspecified atom stereocenters. The number of carbonyl (C=O) groups is 1. The molecule has 0 aliphatic heterocycles. The van der Waals surface area contributed by atoms with Gasteiger partial charge in [0.25, 0.3) is 5.91 Å². The van der Waals surface area contributed by atoms with E-state index < -0.39 is 10.7 Å². The first-order chi connectivity index (χ1) is 8.56. The highest BCUT2D eigenvalue weighted by Gasteiger charge is 2.09. The number of rotatable bonds is 3. The van der Waals surface area contributed by atoms with Gasteiger partial charge in [-0.25, -0.2) is 8.42 Å². The number of hydrogen-bond donors (Lipinski definition) is 2. The second-order valence-corrected chi connectivity index (χ2v) is 4.70. The summed E-state index contributed by atoms with van der Waals surface area (Å²) in [6, 6.07) is 9.17. The molecule has 0 fully saturated rings. The number of nitrogens with one attached hydrogen (secondary N) is 1. The maximum atomic E-state index is 11.7. The number of hydrogen-bond acceptors (Lipinski definition) is 4. The highest BCUT2D eigenvalue weighted by atomic mass is 32.2. The minimum Gasteiger partial charge on any atom is -0.456 e. The van der Waals surface area contributed by atoms with Crippen molar-refractivity contribution >= 4 is 22.3 Å². The molecule has 6 heteroatoms. The van der Waals surface area contributed by atoms with E-state index in [0.29, 0.717) is 11.4 Å². The van der Waals surface area contributed by atoms with Crippen LogP contribution < -0.4 is 5.32 Å². The third kappa shape index (κ3) is 2.78. The lowest BCUT2D eigenvalue weighted by Crippen LogP contribution is -2.10. The van der Waals surface area contributed by atoms with E-state index in [2.05, 4.69) is 5.32 Å². The van der Waals surface area contributed by atoms with Crippen LogP contribution in [0.5, 0.6) is 0 Å². The summed E-state index contributed by atoms with van der Waals surface area (Å²) in [4.78, 5) is 11.9. The molecule has 0 aliphatic carbocycles. The summed E-state index contributed by atoms with van der Waals surface area (Å²) in [7, 11) is -2.60. The predicted molar refractivity (Wildman–Crippen MR) is 66.4 cm³/mol. The number of carbonyl (C=O) groups excluding carboxylic acids is 1. The third-order valence-electron chi connectivity index (χ3n) is 2.30. The van der Waals surface area contributed by atoms with Crippen molar-refractivity contribution in [3.05, 3.63) is 47.9 Å². The van der Waals surface area contributed by atoms with Gasteiger partial charge in [0.1, 0.15) is 5.76 Å². The maximum absolute atomic E-state index is 11.7. The van der Waals surface area contributed by atoms with Crippen molar-refractivity contribution in [3.63, 3.8) is 0 Å². The highest BCUT2D eigenvalue weighted by molar-refractivity contribution is 7.72. The fourth-order valence-electron chi connectivity index (χ4n) is 1.42. The number of amides is 1. The van der Waals surface area contributed by atoms with Crippen molar-refractivity contribution in [1.82, 2.24) is 0 Å². The molecule has 18 heavy (non-hydrogen) atoms. The molecule has 0 saturated heterocycles. The van der Waals surface area contributed by atoms with E-state index >= 15 is 0 Å². The van der Waals surface area contributed by atoms with Crippen LogP contribution in [0.1, 0.15) is 16.3 Å². The Morgan fingerprint density at radius 3 is 2.28 bits per heavy atom. The number of benzene rings is 1. The zero-order valence-corrected chi connectivity index (χ0v) is 10.4. The van der Waals surface area contributed by atoms with Gasteiger partial charge in [-0.15, -0.1) is 0 Å². The van der Waals surface area contributed by atoms with Crippen molar-refractivity contribution in [1.29, 1.82) is 0 Å². The van der Waals surface area contributed by atoms with Gasteiger partial charge in [-0.05, 0) is 43.3 Å². The van der Waals surface area contributed by atoms with E-state index in [9.17, 15) is 13.2 Å². The molecule has 94 valence electrons. The molecule has 0 saturated carbocycles. The number of anilines is 1. The molecule has 1 heterocycles. The zero-order chi connectivity index (χ0) is 13.1. The first kappa shape index (κ1) is 12.4. The molecule has 2 aromatic rings. The standard InChI is InChI=1S/C12H11NO4S/c1-8-2-7-11(17-8)12(14)13-9-3-5-10(6-4-9)18(15)16/h2-7,18H,1H3,(H,13,14). The van der Waals surface area contributed by atoms with E-state index in [1.165, 1.54) is 24.3 Å². The molecule has 1 aromatic carbocycles. The minimum absolute atomic E-state index is 0.205. The van der Waals surface area contributed by atoms with E-state index in [1.807, 2.05) is 0 Å².